The van der Waals surface area contributed by atoms with Crippen LogP contribution in [0.4, 0.5) is 0 Å². The average molecular weight is 313 g/mol. The van der Waals surface area contributed by atoms with Crippen molar-refractivity contribution in [2.24, 2.45) is 0 Å². The van der Waals surface area contributed by atoms with Gasteiger partial charge in [-0.2, -0.15) is 5.10 Å². The van der Waals surface area contributed by atoms with E-state index in [0.717, 1.165) is 0 Å². The third-order valence-corrected chi connectivity index (χ3v) is 4.77. The first kappa shape index (κ1) is 15.7. The number of aryl methyl sites for hydroxylation is 2. The zero-order chi connectivity index (χ0) is 15.5. The van der Waals surface area contributed by atoms with Crippen LogP contribution < -0.4 is 4.72 Å². The van der Waals surface area contributed by atoms with Gasteiger partial charge in [-0.1, -0.05) is 0 Å². The fourth-order valence-corrected chi connectivity index (χ4v) is 3.55. The summed E-state index contributed by atoms with van der Waals surface area (Å²) in [6.07, 6.45) is 3.59. The summed E-state index contributed by atoms with van der Waals surface area (Å²) in [5.74, 6) is 0. The normalized spacial score (nSPS) is 12.0. The first-order chi connectivity index (χ1) is 9.95. The quantitative estimate of drug-likeness (QED) is 0.670. The molecule has 0 bridgehead atoms. The lowest BCUT2D eigenvalue weighted by Gasteiger charge is -2.07. The van der Waals surface area contributed by atoms with Gasteiger partial charge in [-0.15, -0.1) is 0 Å². The van der Waals surface area contributed by atoms with E-state index in [1.807, 2.05) is 0 Å². The maximum atomic E-state index is 12.4. The van der Waals surface area contributed by atoms with Crippen LogP contribution in [-0.2, 0) is 23.1 Å². The minimum absolute atomic E-state index is 0.0402. The predicted molar refractivity (Wildman–Crippen MR) is 76.0 cm³/mol. The third kappa shape index (κ3) is 3.49. The number of imidazole rings is 1. The van der Waals surface area contributed by atoms with Gasteiger partial charge in [-0.25, -0.2) is 18.1 Å². The van der Waals surface area contributed by atoms with Crippen molar-refractivity contribution in [1.29, 1.82) is 0 Å². The number of aromatic amines is 1. The Morgan fingerprint density at radius 3 is 2.81 bits per heavy atom. The van der Waals surface area contributed by atoms with E-state index in [1.54, 1.807) is 24.7 Å². The van der Waals surface area contributed by atoms with Gasteiger partial charge in [-0.3, -0.25) is 4.68 Å². The van der Waals surface area contributed by atoms with Crippen LogP contribution in [0.5, 0.6) is 0 Å². The van der Waals surface area contributed by atoms with E-state index in [9.17, 15) is 8.42 Å². The molecule has 0 atom stereocenters. The highest BCUT2D eigenvalue weighted by molar-refractivity contribution is 7.89. The molecule has 8 nitrogen and oxygen atoms in total. The van der Waals surface area contributed by atoms with Crippen molar-refractivity contribution in [3.05, 3.63) is 29.6 Å². The maximum absolute atomic E-state index is 12.4. The van der Waals surface area contributed by atoms with E-state index >= 15 is 0 Å². The van der Waals surface area contributed by atoms with Crippen LogP contribution in [0.1, 0.15) is 23.5 Å². The summed E-state index contributed by atoms with van der Waals surface area (Å²) in [7, 11) is -3.65. The van der Waals surface area contributed by atoms with E-state index in [1.165, 1.54) is 6.33 Å². The first-order valence-electron chi connectivity index (χ1n) is 6.57. The lowest BCUT2D eigenvalue weighted by molar-refractivity contribution is 0.276. The van der Waals surface area contributed by atoms with E-state index in [-0.39, 0.29) is 18.0 Å². The summed E-state index contributed by atoms with van der Waals surface area (Å²) in [5.41, 5.74) is 1.70. The van der Waals surface area contributed by atoms with Gasteiger partial charge in [0.2, 0.25) is 10.0 Å². The number of sulfonamides is 1. The Morgan fingerprint density at radius 2 is 2.19 bits per heavy atom. The molecule has 0 aliphatic rings. The second-order valence-electron chi connectivity index (χ2n) is 4.70. The molecule has 0 aromatic carbocycles. The van der Waals surface area contributed by atoms with Crippen LogP contribution >= 0.6 is 0 Å². The Bertz CT molecular complexity index is 691. The molecule has 0 aliphatic carbocycles. The predicted octanol–water partition coefficient (Wildman–Crippen LogP) is 0.0839. The Kier molecular flexibility index (Phi) is 4.76. The van der Waals surface area contributed by atoms with Gasteiger partial charge in [0.25, 0.3) is 0 Å². The molecule has 0 saturated carbocycles. The minimum atomic E-state index is -3.65. The smallest absolute Gasteiger partial charge is 0.244 e. The van der Waals surface area contributed by atoms with Gasteiger partial charge < -0.3 is 10.1 Å². The Balaban J connectivity index is 2.21. The zero-order valence-electron chi connectivity index (χ0n) is 12.0. The molecule has 0 amide bonds. The van der Waals surface area contributed by atoms with Gasteiger partial charge in [0.15, 0.2) is 0 Å². The summed E-state index contributed by atoms with van der Waals surface area (Å²) in [6.45, 7) is 4.04. The van der Waals surface area contributed by atoms with E-state index in [0.29, 0.717) is 30.0 Å². The lowest BCUT2D eigenvalue weighted by atomic mass is 10.4. The van der Waals surface area contributed by atoms with Gasteiger partial charge in [0.05, 0.1) is 24.3 Å². The summed E-state index contributed by atoms with van der Waals surface area (Å²) in [6, 6.07) is 0. The molecule has 2 rings (SSSR count). The fraction of sp³-hybridized carbons (Fsp3) is 0.500. The molecule has 2 aromatic rings. The summed E-state index contributed by atoms with van der Waals surface area (Å²) < 4.78 is 29.0. The van der Waals surface area contributed by atoms with E-state index < -0.39 is 10.0 Å². The van der Waals surface area contributed by atoms with Crippen molar-refractivity contribution in [3.63, 3.8) is 0 Å². The number of rotatable bonds is 7. The number of hydrogen-bond donors (Lipinski definition) is 3. The highest BCUT2D eigenvalue weighted by Crippen LogP contribution is 2.19. The summed E-state index contributed by atoms with van der Waals surface area (Å²) >= 11 is 0. The van der Waals surface area contributed by atoms with E-state index in [4.69, 9.17) is 5.11 Å². The molecule has 2 aromatic heterocycles. The number of hydrogen-bond acceptors (Lipinski definition) is 5. The van der Waals surface area contributed by atoms with Crippen LogP contribution in [0.15, 0.2) is 17.4 Å². The van der Waals surface area contributed by atoms with Crippen molar-refractivity contribution in [1.82, 2.24) is 24.5 Å². The van der Waals surface area contributed by atoms with Crippen molar-refractivity contribution in [2.45, 2.75) is 38.3 Å². The Labute approximate surface area is 123 Å². The number of nitrogens with one attached hydrogen (secondary N) is 2. The van der Waals surface area contributed by atoms with Crippen molar-refractivity contribution in [2.75, 3.05) is 6.61 Å². The molecule has 0 radical (unpaired) electrons. The molecular formula is C12H19N5O3S. The van der Waals surface area contributed by atoms with Gasteiger partial charge in [-0.05, 0) is 20.3 Å². The van der Waals surface area contributed by atoms with Crippen molar-refractivity contribution < 1.29 is 13.5 Å². The van der Waals surface area contributed by atoms with Crippen LogP contribution in [0.2, 0.25) is 0 Å². The van der Waals surface area contributed by atoms with Gasteiger partial charge in [0.1, 0.15) is 4.90 Å². The van der Waals surface area contributed by atoms with Gasteiger partial charge in [0, 0.05) is 25.0 Å². The van der Waals surface area contributed by atoms with Crippen LogP contribution in [0, 0.1) is 13.8 Å². The molecule has 21 heavy (non-hydrogen) atoms. The number of aliphatic hydroxyl groups is 1. The Morgan fingerprint density at radius 1 is 1.43 bits per heavy atom. The van der Waals surface area contributed by atoms with Crippen molar-refractivity contribution in [3.8, 4) is 0 Å². The molecule has 0 saturated heterocycles. The zero-order valence-corrected chi connectivity index (χ0v) is 12.8. The number of nitrogens with zero attached hydrogens (tertiary/aromatic N) is 3. The molecule has 0 spiro atoms. The number of aromatic nitrogens is 4. The number of aliphatic hydroxyl groups excluding tert-OH is 1. The highest BCUT2D eigenvalue weighted by Gasteiger charge is 2.24. The number of H-pyrrole nitrogens is 1. The highest BCUT2D eigenvalue weighted by atomic mass is 32.2. The molecule has 3 N–H and O–H groups in total. The maximum Gasteiger partial charge on any atom is 0.244 e. The summed E-state index contributed by atoms with van der Waals surface area (Å²) in [5, 5.41) is 13.1. The van der Waals surface area contributed by atoms with Crippen LogP contribution in [0.25, 0.3) is 0 Å². The second-order valence-corrected chi connectivity index (χ2v) is 6.41. The molecule has 9 heteroatoms. The molecule has 0 aliphatic heterocycles. The summed E-state index contributed by atoms with van der Waals surface area (Å²) in [4.78, 5) is 6.87. The molecule has 2 heterocycles. The fourth-order valence-electron chi connectivity index (χ4n) is 2.13. The average Bonchev–Trinajstić information content (AvgIpc) is 3.03. The van der Waals surface area contributed by atoms with E-state index in [2.05, 4.69) is 19.8 Å². The Hall–Kier alpha value is -1.71. The third-order valence-electron chi connectivity index (χ3n) is 3.12. The molecule has 0 fully saturated rings. The lowest BCUT2D eigenvalue weighted by Crippen LogP contribution is -2.24. The van der Waals surface area contributed by atoms with Crippen molar-refractivity contribution >= 4 is 10.0 Å². The minimum Gasteiger partial charge on any atom is -0.396 e. The molecular weight excluding hydrogens is 294 g/mol. The topological polar surface area (TPSA) is 113 Å². The molecule has 116 valence electrons. The van der Waals surface area contributed by atoms with Gasteiger partial charge >= 0.3 is 0 Å². The molecule has 0 unspecified atom stereocenters. The largest absolute Gasteiger partial charge is 0.396 e. The van der Waals surface area contributed by atoms with Crippen LogP contribution in [-0.4, -0.2) is 39.9 Å². The van der Waals surface area contributed by atoms with Crippen LogP contribution in [0.3, 0.4) is 0 Å². The SMILES string of the molecule is Cc1nn(CCCO)c(C)c1S(=O)(=O)NCc1cnc[nH]1. The second kappa shape index (κ2) is 6.37. The monoisotopic (exact) mass is 313 g/mol. The standard InChI is InChI=1S/C12H19N5O3S/c1-9-12(10(2)17(16-9)4-3-5-18)21(19,20)15-7-11-6-13-8-14-11/h6,8,15,18H,3-5,7H2,1-2H3,(H,13,14). The first-order valence-corrected chi connectivity index (χ1v) is 8.06.